The number of methoxy groups -OCH3 is 1. The van der Waals surface area contributed by atoms with E-state index in [1.165, 1.54) is 7.11 Å². The summed E-state index contributed by atoms with van der Waals surface area (Å²) in [5.74, 6) is -2.32. The maximum Gasteiger partial charge on any atom is 0.152 e. The Morgan fingerprint density at radius 2 is 1.75 bits per heavy atom. The molecule has 1 N–H and O–H groups in total. The van der Waals surface area contributed by atoms with Crippen LogP contribution in [-0.4, -0.2) is 7.11 Å². The monoisotopic (exact) mass is 345 g/mol. The van der Waals surface area contributed by atoms with Gasteiger partial charge in [-0.2, -0.15) is 0 Å². The lowest BCUT2D eigenvalue weighted by molar-refractivity contribution is 0.410. The van der Waals surface area contributed by atoms with Gasteiger partial charge in [-0.1, -0.05) is 15.9 Å². The first-order valence-corrected chi connectivity index (χ1v) is 6.51. The number of benzene rings is 2. The van der Waals surface area contributed by atoms with Crippen molar-refractivity contribution in [1.29, 1.82) is 0 Å². The van der Waals surface area contributed by atoms with Crippen LogP contribution >= 0.6 is 15.9 Å². The molecular formula is C14H11BrF3NO. The maximum absolute atomic E-state index is 13.5. The van der Waals surface area contributed by atoms with Crippen molar-refractivity contribution >= 4 is 21.6 Å². The fraction of sp³-hybridized carbons (Fsp3) is 0.143. The van der Waals surface area contributed by atoms with E-state index in [0.717, 1.165) is 4.47 Å². The topological polar surface area (TPSA) is 21.3 Å². The van der Waals surface area contributed by atoms with Gasteiger partial charge in [-0.25, -0.2) is 13.2 Å². The number of anilines is 1. The second-order valence-corrected chi connectivity index (χ2v) is 4.97. The van der Waals surface area contributed by atoms with Crippen LogP contribution in [0.15, 0.2) is 34.8 Å². The van der Waals surface area contributed by atoms with Gasteiger partial charge >= 0.3 is 0 Å². The van der Waals surface area contributed by atoms with Gasteiger partial charge in [-0.15, -0.1) is 0 Å². The lowest BCUT2D eigenvalue weighted by Crippen LogP contribution is -2.06. The van der Waals surface area contributed by atoms with Crippen molar-refractivity contribution < 1.29 is 17.9 Å². The second kappa shape index (κ2) is 6.17. The molecule has 6 heteroatoms. The van der Waals surface area contributed by atoms with E-state index < -0.39 is 17.5 Å². The first kappa shape index (κ1) is 14.7. The van der Waals surface area contributed by atoms with Crippen LogP contribution in [0.5, 0.6) is 5.75 Å². The minimum absolute atomic E-state index is 0.141. The zero-order chi connectivity index (χ0) is 14.7. The molecule has 0 unspecified atom stereocenters. The molecule has 0 spiro atoms. The maximum atomic E-state index is 13.5. The summed E-state index contributed by atoms with van der Waals surface area (Å²) >= 11 is 3.31. The molecule has 0 heterocycles. The molecule has 0 amide bonds. The number of nitrogens with one attached hydrogen (secondary N) is 1. The molecule has 0 bridgehead atoms. The highest BCUT2D eigenvalue weighted by atomic mass is 79.9. The van der Waals surface area contributed by atoms with Crippen molar-refractivity contribution in [2.75, 3.05) is 12.4 Å². The molecule has 2 aromatic carbocycles. The van der Waals surface area contributed by atoms with Crippen molar-refractivity contribution in [3.63, 3.8) is 0 Å². The molecule has 0 fully saturated rings. The molecule has 0 aliphatic carbocycles. The summed E-state index contributed by atoms with van der Waals surface area (Å²) in [7, 11) is 1.51. The summed E-state index contributed by atoms with van der Waals surface area (Å²) in [5.41, 5.74) is 0.346. The second-order valence-electron chi connectivity index (χ2n) is 4.05. The van der Waals surface area contributed by atoms with Crippen LogP contribution in [-0.2, 0) is 6.54 Å². The van der Waals surface area contributed by atoms with E-state index >= 15 is 0 Å². The fourth-order valence-corrected chi connectivity index (χ4v) is 2.19. The Labute approximate surface area is 122 Å². The van der Waals surface area contributed by atoms with Crippen molar-refractivity contribution in [1.82, 2.24) is 0 Å². The minimum Gasteiger partial charge on any atom is -0.496 e. The summed E-state index contributed by atoms with van der Waals surface area (Å²) in [6.45, 7) is 0.141. The van der Waals surface area contributed by atoms with Gasteiger partial charge in [0.2, 0.25) is 0 Å². The number of halogens is 4. The predicted molar refractivity (Wildman–Crippen MR) is 74.3 cm³/mol. The van der Waals surface area contributed by atoms with Gasteiger partial charge in [0.25, 0.3) is 0 Å². The van der Waals surface area contributed by atoms with Crippen LogP contribution in [0.25, 0.3) is 0 Å². The molecule has 20 heavy (non-hydrogen) atoms. The Morgan fingerprint density at radius 1 is 1.10 bits per heavy atom. The number of rotatable bonds is 4. The molecule has 2 aromatic rings. The Hall–Kier alpha value is -1.69. The summed E-state index contributed by atoms with van der Waals surface area (Å²) < 4.78 is 45.8. The molecule has 2 rings (SSSR count). The Bertz CT molecular complexity index is 611. The first-order chi connectivity index (χ1) is 9.51. The quantitative estimate of drug-likeness (QED) is 0.881. The molecule has 0 aromatic heterocycles. The normalized spacial score (nSPS) is 10.4. The van der Waals surface area contributed by atoms with E-state index in [0.29, 0.717) is 23.4 Å². The number of hydrogen-bond acceptors (Lipinski definition) is 2. The van der Waals surface area contributed by atoms with Crippen molar-refractivity contribution in [2.45, 2.75) is 6.54 Å². The van der Waals surface area contributed by atoms with Crippen molar-refractivity contribution in [3.05, 3.63) is 57.8 Å². The summed E-state index contributed by atoms with van der Waals surface area (Å²) in [4.78, 5) is 0. The van der Waals surface area contributed by atoms with Crippen LogP contribution in [0, 0.1) is 17.5 Å². The average molecular weight is 346 g/mol. The zero-order valence-corrected chi connectivity index (χ0v) is 12.1. The third-order valence-corrected chi connectivity index (χ3v) is 3.20. The van der Waals surface area contributed by atoms with Crippen LogP contribution in [0.2, 0.25) is 0 Å². The van der Waals surface area contributed by atoms with Gasteiger partial charge in [-0.05, 0) is 18.2 Å². The Balaban J connectivity index is 2.23. The highest BCUT2D eigenvalue weighted by molar-refractivity contribution is 9.10. The molecule has 0 aliphatic rings. The van der Waals surface area contributed by atoms with Gasteiger partial charge < -0.3 is 10.1 Å². The predicted octanol–water partition coefficient (Wildman–Crippen LogP) is 4.49. The highest BCUT2D eigenvalue weighted by Crippen LogP contribution is 2.26. The highest BCUT2D eigenvalue weighted by Gasteiger charge is 2.12. The van der Waals surface area contributed by atoms with Gasteiger partial charge in [0.1, 0.15) is 17.3 Å². The molecule has 0 atom stereocenters. The fourth-order valence-electron chi connectivity index (χ4n) is 1.78. The van der Waals surface area contributed by atoms with E-state index in [9.17, 15) is 13.2 Å². The summed E-state index contributed by atoms with van der Waals surface area (Å²) in [6.07, 6.45) is 0. The lowest BCUT2D eigenvalue weighted by Gasteiger charge is -2.12. The summed E-state index contributed by atoms with van der Waals surface area (Å²) in [6, 6.07) is 6.55. The average Bonchev–Trinajstić information content (AvgIpc) is 2.37. The Kier molecular flexibility index (Phi) is 4.54. The molecule has 0 aliphatic heterocycles. The van der Waals surface area contributed by atoms with Crippen molar-refractivity contribution in [3.8, 4) is 5.75 Å². The lowest BCUT2D eigenvalue weighted by atomic mass is 10.2. The van der Waals surface area contributed by atoms with E-state index in [1.807, 2.05) is 0 Å². The van der Waals surface area contributed by atoms with Gasteiger partial charge in [0.05, 0.1) is 7.11 Å². The third kappa shape index (κ3) is 3.25. The zero-order valence-electron chi connectivity index (χ0n) is 10.5. The smallest absolute Gasteiger partial charge is 0.152 e. The van der Waals surface area contributed by atoms with Crippen LogP contribution in [0.1, 0.15) is 5.56 Å². The standard InChI is InChI=1S/C14H11BrF3NO/c1-20-13-3-2-9(15)4-8(13)7-19-14-11(17)5-10(16)6-12(14)18/h2-6,19H,7H2,1H3. The van der Waals surface area contributed by atoms with Gasteiger partial charge in [0.15, 0.2) is 11.6 Å². The van der Waals surface area contributed by atoms with E-state index in [-0.39, 0.29) is 12.2 Å². The van der Waals surface area contributed by atoms with Crippen LogP contribution in [0.3, 0.4) is 0 Å². The minimum atomic E-state index is -0.975. The molecular weight excluding hydrogens is 335 g/mol. The third-order valence-electron chi connectivity index (χ3n) is 2.70. The number of hydrogen-bond donors (Lipinski definition) is 1. The SMILES string of the molecule is COc1ccc(Br)cc1CNc1c(F)cc(F)cc1F. The number of ether oxygens (including phenoxy) is 1. The molecule has 0 saturated carbocycles. The first-order valence-electron chi connectivity index (χ1n) is 5.72. The van der Waals surface area contributed by atoms with Crippen LogP contribution in [0.4, 0.5) is 18.9 Å². The van der Waals surface area contributed by atoms with Gasteiger partial charge in [-0.3, -0.25) is 0 Å². The molecule has 0 saturated heterocycles. The van der Waals surface area contributed by atoms with E-state index in [1.54, 1.807) is 18.2 Å². The summed E-state index contributed by atoms with van der Waals surface area (Å²) in [5, 5.41) is 2.61. The largest absolute Gasteiger partial charge is 0.496 e. The van der Waals surface area contributed by atoms with Crippen LogP contribution < -0.4 is 10.1 Å². The van der Waals surface area contributed by atoms with E-state index in [4.69, 9.17) is 4.74 Å². The van der Waals surface area contributed by atoms with Gasteiger partial charge in [0, 0.05) is 28.7 Å². The molecule has 106 valence electrons. The van der Waals surface area contributed by atoms with E-state index in [2.05, 4.69) is 21.2 Å². The van der Waals surface area contributed by atoms with Crippen molar-refractivity contribution in [2.24, 2.45) is 0 Å². The Morgan fingerprint density at radius 3 is 2.35 bits per heavy atom. The molecule has 0 radical (unpaired) electrons. The molecule has 2 nitrogen and oxygen atoms in total.